The zero-order valence-corrected chi connectivity index (χ0v) is 9.65. The standard InChI is InChI=1S/C10H15N3OS/c1-3-14-9-6-4-8(5-7-9)12-10(15)13-11-2/h4-7,11H,3H2,1-2H3,(H2,12,13,15). The van der Waals surface area contributed by atoms with Gasteiger partial charge in [0.15, 0.2) is 5.11 Å². The lowest BCUT2D eigenvalue weighted by atomic mass is 10.3. The maximum Gasteiger partial charge on any atom is 0.185 e. The summed E-state index contributed by atoms with van der Waals surface area (Å²) in [5.41, 5.74) is 6.44. The molecule has 82 valence electrons. The molecule has 0 aliphatic heterocycles. The highest BCUT2D eigenvalue weighted by atomic mass is 32.1. The number of hydrogen-bond donors (Lipinski definition) is 3. The molecule has 0 heterocycles. The molecule has 4 nitrogen and oxygen atoms in total. The van der Waals surface area contributed by atoms with Crippen molar-refractivity contribution < 1.29 is 4.74 Å². The Bertz CT molecular complexity index is 313. The van der Waals surface area contributed by atoms with Crippen LogP contribution in [0.2, 0.25) is 0 Å². The summed E-state index contributed by atoms with van der Waals surface area (Å²) >= 11 is 5.00. The van der Waals surface area contributed by atoms with Gasteiger partial charge in [-0.1, -0.05) is 0 Å². The first-order chi connectivity index (χ1) is 7.26. The smallest absolute Gasteiger partial charge is 0.185 e. The Balaban J connectivity index is 2.52. The van der Waals surface area contributed by atoms with Crippen LogP contribution >= 0.6 is 12.2 Å². The predicted molar refractivity (Wildman–Crippen MR) is 66.0 cm³/mol. The fourth-order valence-corrected chi connectivity index (χ4v) is 1.30. The highest BCUT2D eigenvalue weighted by molar-refractivity contribution is 7.80. The summed E-state index contributed by atoms with van der Waals surface area (Å²) in [6.45, 7) is 2.63. The minimum absolute atomic E-state index is 0.529. The van der Waals surface area contributed by atoms with Gasteiger partial charge in [-0.3, -0.25) is 5.43 Å². The molecule has 0 aliphatic rings. The van der Waals surface area contributed by atoms with Crippen LogP contribution in [0.5, 0.6) is 5.75 Å². The molecule has 1 rings (SSSR count). The molecule has 15 heavy (non-hydrogen) atoms. The van der Waals surface area contributed by atoms with Gasteiger partial charge in [0.2, 0.25) is 0 Å². The fraction of sp³-hybridized carbons (Fsp3) is 0.300. The van der Waals surface area contributed by atoms with Crippen LogP contribution < -0.4 is 20.9 Å². The van der Waals surface area contributed by atoms with E-state index in [4.69, 9.17) is 17.0 Å². The summed E-state index contributed by atoms with van der Waals surface area (Å²) in [6, 6.07) is 7.62. The van der Waals surface area contributed by atoms with Crippen LogP contribution in [0.1, 0.15) is 6.92 Å². The van der Waals surface area contributed by atoms with Gasteiger partial charge in [0.05, 0.1) is 6.61 Å². The fourth-order valence-electron chi connectivity index (χ4n) is 1.08. The minimum Gasteiger partial charge on any atom is -0.494 e. The lowest BCUT2D eigenvalue weighted by Crippen LogP contribution is -2.37. The minimum atomic E-state index is 0.529. The van der Waals surface area contributed by atoms with Gasteiger partial charge in [0.1, 0.15) is 5.75 Å². The number of thiocarbonyl (C=S) groups is 1. The summed E-state index contributed by atoms with van der Waals surface area (Å²) in [4.78, 5) is 0. The van der Waals surface area contributed by atoms with Crippen LogP contribution in [0, 0.1) is 0 Å². The first-order valence-corrected chi connectivity index (χ1v) is 5.13. The molecule has 5 heteroatoms. The van der Waals surface area contributed by atoms with E-state index in [0.717, 1.165) is 11.4 Å². The van der Waals surface area contributed by atoms with Gasteiger partial charge in [-0.25, -0.2) is 5.43 Å². The summed E-state index contributed by atoms with van der Waals surface area (Å²) in [7, 11) is 1.76. The number of ether oxygens (including phenoxy) is 1. The monoisotopic (exact) mass is 225 g/mol. The van der Waals surface area contributed by atoms with Crippen molar-refractivity contribution in [2.45, 2.75) is 6.92 Å². The second kappa shape index (κ2) is 6.21. The molecule has 0 saturated heterocycles. The van der Waals surface area contributed by atoms with Crippen molar-refractivity contribution in [3.8, 4) is 5.75 Å². The van der Waals surface area contributed by atoms with Gasteiger partial charge >= 0.3 is 0 Å². The van der Waals surface area contributed by atoms with Crippen LogP contribution in [-0.2, 0) is 0 Å². The van der Waals surface area contributed by atoms with Crippen molar-refractivity contribution >= 4 is 23.0 Å². The van der Waals surface area contributed by atoms with Gasteiger partial charge in [0, 0.05) is 12.7 Å². The van der Waals surface area contributed by atoms with Gasteiger partial charge in [-0.15, -0.1) is 0 Å². The molecule has 0 aromatic heterocycles. The Hall–Kier alpha value is -1.33. The van der Waals surface area contributed by atoms with Crippen molar-refractivity contribution in [1.82, 2.24) is 10.9 Å². The molecular formula is C10H15N3OS. The number of hydrazine groups is 1. The van der Waals surface area contributed by atoms with Crippen LogP contribution in [0.15, 0.2) is 24.3 Å². The molecule has 0 fully saturated rings. The molecule has 0 radical (unpaired) electrons. The van der Waals surface area contributed by atoms with E-state index in [2.05, 4.69) is 16.2 Å². The third-order valence-corrected chi connectivity index (χ3v) is 1.87. The lowest BCUT2D eigenvalue weighted by Gasteiger charge is -2.09. The SMILES string of the molecule is CCOc1ccc(NC(=S)NNC)cc1. The Labute approximate surface area is 95.0 Å². The van der Waals surface area contributed by atoms with Crippen LogP contribution in [0.4, 0.5) is 5.69 Å². The highest BCUT2D eigenvalue weighted by Crippen LogP contribution is 2.15. The number of nitrogens with one attached hydrogen (secondary N) is 3. The van der Waals surface area contributed by atoms with E-state index >= 15 is 0 Å². The first kappa shape index (κ1) is 11.7. The Morgan fingerprint density at radius 3 is 2.53 bits per heavy atom. The van der Waals surface area contributed by atoms with Gasteiger partial charge < -0.3 is 10.1 Å². The zero-order valence-electron chi connectivity index (χ0n) is 8.83. The van der Waals surface area contributed by atoms with E-state index in [9.17, 15) is 0 Å². The second-order valence-electron chi connectivity index (χ2n) is 2.79. The quantitative estimate of drug-likeness (QED) is 0.535. The van der Waals surface area contributed by atoms with Gasteiger partial charge in [-0.2, -0.15) is 0 Å². The summed E-state index contributed by atoms with van der Waals surface area (Å²) in [5.74, 6) is 0.857. The molecule has 0 amide bonds. The normalized spacial score (nSPS) is 9.47. The third kappa shape index (κ3) is 4.14. The van der Waals surface area contributed by atoms with Crippen molar-refractivity contribution in [1.29, 1.82) is 0 Å². The number of rotatable bonds is 4. The maximum absolute atomic E-state index is 5.32. The lowest BCUT2D eigenvalue weighted by molar-refractivity contribution is 0.340. The van der Waals surface area contributed by atoms with Crippen LogP contribution in [0.25, 0.3) is 0 Å². The Morgan fingerprint density at radius 1 is 1.33 bits per heavy atom. The average Bonchev–Trinajstić information content (AvgIpc) is 2.22. The maximum atomic E-state index is 5.32. The predicted octanol–water partition coefficient (Wildman–Crippen LogP) is 1.51. The second-order valence-corrected chi connectivity index (χ2v) is 3.19. The summed E-state index contributed by atoms with van der Waals surface area (Å²) in [5, 5.41) is 3.54. The van der Waals surface area contributed by atoms with E-state index in [1.54, 1.807) is 7.05 Å². The van der Waals surface area contributed by atoms with E-state index in [0.29, 0.717) is 11.7 Å². The van der Waals surface area contributed by atoms with Crippen molar-refractivity contribution in [3.05, 3.63) is 24.3 Å². The molecule has 3 N–H and O–H groups in total. The van der Waals surface area contributed by atoms with Crippen LogP contribution in [0.3, 0.4) is 0 Å². The van der Waals surface area contributed by atoms with Crippen molar-refractivity contribution in [2.24, 2.45) is 0 Å². The zero-order chi connectivity index (χ0) is 11.1. The Morgan fingerprint density at radius 2 is 2.00 bits per heavy atom. The molecule has 0 aliphatic carbocycles. The molecule has 1 aromatic rings. The molecule has 0 saturated carbocycles. The van der Waals surface area contributed by atoms with E-state index < -0.39 is 0 Å². The first-order valence-electron chi connectivity index (χ1n) is 4.73. The van der Waals surface area contributed by atoms with Crippen molar-refractivity contribution in [2.75, 3.05) is 19.0 Å². The average molecular weight is 225 g/mol. The van der Waals surface area contributed by atoms with Gasteiger partial charge in [0.25, 0.3) is 0 Å². The van der Waals surface area contributed by atoms with Crippen LogP contribution in [-0.4, -0.2) is 18.8 Å². The van der Waals surface area contributed by atoms with E-state index in [-0.39, 0.29) is 0 Å². The van der Waals surface area contributed by atoms with Crippen molar-refractivity contribution in [3.63, 3.8) is 0 Å². The summed E-state index contributed by atoms with van der Waals surface area (Å²) in [6.07, 6.45) is 0. The largest absolute Gasteiger partial charge is 0.494 e. The molecule has 0 spiro atoms. The molecule has 0 unspecified atom stereocenters. The topological polar surface area (TPSA) is 45.3 Å². The number of hydrogen-bond acceptors (Lipinski definition) is 3. The third-order valence-electron chi connectivity index (χ3n) is 1.66. The van der Waals surface area contributed by atoms with Gasteiger partial charge in [-0.05, 0) is 43.4 Å². The molecular weight excluding hydrogens is 210 g/mol. The number of benzene rings is 1. The Kier molecular flexibility index (Phi) is 4.86. The molecule has 0 atom stereocenters. The number of anilines is 1. The summed E-state index contributed by atoms with van der Waals surface area (Å²) < 4.78 is 5.32. The van der Waals surface area contributed by atoms with E-state index in [1.807, 2.05) is 31.2 Å². The van der Waals surface area contributed by atoms with E-state index in [1.165, 1.54) is 0 Å². The molecule has 0 bridgehead atoms. The highest BCUT2D eigenvalue weighted by Gasteiger charge is 1.96. The molecule has 1 aromatic carbocycles.